The molecule has 1 aliphatic carbocycles. The maximum atomic E-state index is 11.4. The van der Waals surface area contributed by atoms with Gasteiger partial charge in [-0.15, -0.1) is 0 Å². The van der Waals surface area contributed by atoms with Crippen molar-refractivity contribution < 1.29 is 14.6 Å². The van der Waals surface area contributed by atoms with E-state index in [0.29, 0.717) is 5.75 Å². The van der Waals surface area contributed by atoms with Crippen LogP contribution in [0.1, 0.15) is 18.4 Å². The van der Waals surface area contributed by atoms with Gasteiger partial charge in [0.2, 0.25) is 5.91 Å². The zero-order valence-electron chi connectivity index (χ0n) is 10.1. The van der Waals surface area contributed by atoms with Gasteiger partial charge in [-0.1, -0.05) is 12.1 Å². The molecule has 0 spiro atoms. The Balaban J connectivity index is 2.03. The first-order valence-corrected chi connectivity index (χ1v) is 5.97. The van der Waals surface area contributed by atoms with Crippen molar-refractivity contribution in [3.05, 3.63) is 29.8 Å². The van der Waals surface area contributed by atoms with Crippen LogP contribution < -0.4 is 16.2 Å². The number of ether oxygens (including phenoxy) is 1. The summed E-state index contributed by atoms with van der Waals surface area (Å²) in [5.74, 6) is 0.178. The first kappa shape index (κ1) is 12.9. The van der Waals surface area contributed by atoms with Crippen molar-refractivity contribution in [3.63, 3.8) is 0 Å². The number of carbonyl (C=O) groups is 1. The van der Waals surface area contributed by atoms with Gasteiger partial charge in [-0.3, -0.25) is 4.79 Å². The predicted molar refractivity (Wildman–Crippen MR) is 66.7 cm³/mol. The normalized spacial score (nSPS) is 18.1. The van der Waals surface area contributed by atoms with Crippen LogP contribution in [0.3, 0.4) is 0 Å². The number of hydrogen-bond acceptors (Lipinski definition) is 4. The van der Waals surface area contributed by atoms with Crippen LogP contribution >= 0.6 is 0 Å². The van der Waals surface area contributed by atoms with E-state index < -0.39 is 11.4 Å². The van der Waals surface area contributed by atoms with E-state index in [1.165, 1.54) is 0 Å². The van der Waals surface area contributed by atoms with Gasteiger partial charge in [0.05, 0.1) is 6.61 Å². The molecule has 1 unspecified atom stereocenters. The molecule has 1 aliphatic rings. The highest BCUT2D eigenvalue weighted by Crippen LogP contribution is 2.38. The molecule has 98 valence electrons. The molecule has 1 fully saturated rings. The van der Waals surface area contributed by atoms with Gasteiger partial charge in [-0.25, -0.2) is 0 Å². The van der Waals surface area contributed by atoms with E-state index in [2.05, 4.69) is 0 Å². The second-order valence-corrected chi connectivity index (χ2v) is 4.77. The molecule has 0 bridgehead atoms. The third-order valence-corrected chi connectivity index (χ3v) is 3.32. The Kier molecular flexibility index (Phi) is 3.54. The Bertz CT molecular complexity index is 446. The zero-order valence-corrected chi connectivity index (χ0v) is 10.1. The number of hydrogen-bond donors (Lipinski definition) is 3. The molecule has 5 nitrogen and oxygen atoms in total. The average Bonchev–Trinajstić information content (AvgIpc) is 3.20. The Hall–Kier alpha value is -1.59. The maximum Gasteiger partial charge on any atom is 0.241 e. The summed E-state index contributed by atoms with van der Waals surface area (Å²) in [7, 11) is 0. The number of benzene rings is 1. The van der Waals surface area contributed by atoms with Gasteiger partial charge in [-0.05, 0) is 36.5 Å². The third-order valence-electron chi connectivity index (χ3n) is 3.32. The van der Waals surface area contributed by atoms with Crippen molar-refractivity contribution >= 4 is 5.91 Å². The van der Waals surface area contributed by atoms with Gasteiger partial charge < -0.3 is 21.3 Å². The number of aliphatic hydroxyl groups is 1. The molecule has 1 aromatic carbocycles. The molecular weight excluding hydrogens is 232 g/mol. The van der Waals surface area contributed by atoms with E-state index in [1.54, 1.807) is 24.3 Å². The smallest absolute Gasteiger partial charge is 0.241 e. The fourth-order valence-electron chi connectivity index (χ4n) is 1.93. The number of rotatable bonds is 6. The van der Waals surface area contributed by atoms with E-state index in [-0.39, 0.29) is 19.1 Å². The summed E-state index contributed by atoms with van der Waals surface area (Å²) in [6.07, 6.45) is 1.83. The molecule has 1 amide bonds. The number of nitrogens with two attached hydrogens (primary N) is 2. The van der Waals surface area contributed by atoms with Crippen molar-refractivity contribution in [1.82, 2.24) is 0 Å². The van der Waals surface area contributed by atoms with Crippen LogP contribution in [0.25, 0.3) is 0 Å². The topological polar surface area (TPSA) is 98.6 Å². The quantitative estimate of drug-likeness (QED) is 0.669. The summed E-state index contributed by atoms with van der Waals surface area (Å²) in [6, 6.07) is 7.04. The van der Waals surface area contributed by atoms with Gasteiger partial charge in [0.25, 0.3) is 0 Å². The summed E-state index contributed by atoms with van der Waals surface area (Å²) in [4.78, 5) is 11.4. The molecule has 0 radical (unpaired) electrons. The molecule has 1 aromatic rings. The first-order valence-electron chi connectivity index (χ1n) is 5.97. The van der Waals surface area contributed by atoms with Crippen molar-refractivity contribution in [2.75, 3.05) is 6.61 Å². The van der Waals surface area contributed by atoms with Crippen LogP contribution in [0.2, 0.25) is 0 Å². The summed E-state index contributed by atoms with van der Waals surface area (Å²) in [5.41, 5.74) is 11.0. The van der Waals surface area contributed by atoms with Crippen LogP contribution in [0.5, 0.6) is 5.75 Å². The van der Waals surface area contributed by atoms with Gasteiger partial charge in [-0.2, -0.15) is 0 Å². The van der Waals surface area contributed by atoms with E-state index >= 15 is 0 Å². The zero-order chi connectivity index (χ0) is 13.2. The van der Waals surface area contributed by atoms with Gasteiger partial charge in [0, 0.05) is 0 Å². The van der Waals surface area contributed by atoms with Crippen LogP contribution in [0, 0.1) is 5.92 Å². The lowest BCUT2D eigenvalue weighted by molar-refractivity contribution is -0.125. The molecule has 1 atom stereocenters. The lowest BCUT2D eigenvalue weighted by Gasteiger charge is -2.25. The van der Waals surface area contributed by atoms with Gasteiger partial charge in [0.15, 0.2) is 0 Å². The predicted octanol–water partition coefficient (Wildman–Crippen LogP) is 0.151. The maximum absolute atomic E-state index is 11.4. The van der Waals surface area contributed by atoms with E-state index in [9.17, 15) is 4.79 Å². The summed E-state index contributed by atoms with van der Waals surface area (Å²) in [6.45, 7) is 0.0191. The SMILES string of the molecule is NC(=O)C(N)(COc1cccc(CO)c1)C1CC1. The Morgan fingerprint density at radius 3 is 2.78 bits per heavy atom. The minimum atomic E-state index is -1.09. The molecular formula is C13H18N2O3. The molecule has 2 rings (SSSR count). The van der Waals surface area contributed by atoms with Crippen LogP contribution in [-0.2, 0) is 11.4 Å². The standard InChI is InChI=1S/C13H18N2O3/c14-12(17)13(15,10-4-5-10)8-18-11-3-1-2-9(6-11)7-16/h1-3,6,10,16H,4-5,7-8,15H2,(H2,14,17). The molecule has 5 heteroatoms. The second kappa shape index (κ2) is 4.96. The second-order valence-electron chi connectivity index (χ2n) is 4.77. The van der Waals surface area contributed by atoms with Crippen molar-refractivity contribution in [3.8, 4) is 5.75 Å². The molecule has 0 aliphatic heterocycles. The minimum Gasteiger partial charge on any atom is -0.491 e. The van der Waals surface area contributed by atoms with Crippen LogP contribution in [0.4, 0.5) is 0 Å². The minimum absolute atomic E-state index is 0.0522. The fraction of sp³-hybridized carbons (Fsp3) is 0.462. The molecule has 0 heterocycles. The highest BCUT2D eigenvalue weighted by molar-refractivity contribution is 5.85. The molecule has 0 aromatic heterocycles. The number of amides is 1. The Morgan fingerprint density at radius 2 is 2.22 bits per heavy atom. The van der Waals surface area contributed by atoms with Gasteiger partial charge in [0.1, 0.15) is 17.9 Å². The van der Waals surface area contributed by atoms with E-state index in [1.807, 2.05) is 0 Å². The Labute approximate surface area is 106 Å². The fourth-order valence-corrected chi connectivity index (χ4v) is 1.93. The number of carbonyl (C=O) groups excluding carboxylic acids is 1. The highest BCUT2D eigenvalue weighted by Gasteiger charge is 2.47. The number of aliphatic hydroxyl groups excluding tert-OH is 1. The molecule has 18 heavy (non-hydrogen) atoms. The van der Waals surface area contributed by atoms with E-state index in [0.717, 1.165) is 18.4 Å². The van der Waals surface area contributed by atoms with Crippen LogP contribution in [-0.4, -0.2) is 23.2 Å². The van der Waals surface area contributed by atoms with Crippen LogP contribution in [0.15, 0.2) is 24.3 Å². The summed E-state index contributed by atoms with van der Waals surface area (Å²) >= 11 is 0. The molecule has 5 N–H and O–H groups in total. The lowest BCUT2D eigenvalue weighted by Crippen LogP contribution is -2.58. The average molecular weight is 250 g/mol. The van der Waals surface area contributed by atoms with Crippen molar-refractivity contribution in [2.45, 2.75) is 25.0 Å². The Morgan fingerprint density at radius 1 is 1.50 bits per heavy atom. The van der Waals surface area contributed by atoms with Crippen molar-refractivity contribution in [1.29, 1.82) is 0 Å². The monoisotopic (exact) mass is 250 g/mol. The lowest BCUT2D eigenvalue weighted by atomic mass is 9.95. The summed E-state index contributed by atoms with van der Waals surface area (Å²) in [5, 5.41) is 9.02. The third kappa shape index (κ3) is 2.63. The number of primary amides is 1. The molecule has 1 saturated carbocycles. The van der Waals surface area contributed by atoms with E-state index in [4.69, 9.17) is 21.3 Å². The highest BCUT2D eigenvalue weighted by atomic mass is 16.5. The molecule has 0 saturated heterocycles. The first-order chi connectivity index (χ1) is 8.56. The van der Waals surface area contributed by atoms with Gasteiger partial charge >= 0.3 is 0 Å². The summed E-state index contributed by atoms with van der Waals surface area (Å²) < 4.78 is 5.54. The largest absolute Gasteiger partial charge is 0.491 e. The van der Waals surface area contributed by atoms with Crippen molar-refractivity contribution in [2.24, 2.45) is 17.4 Å².